The maximum atomic E-state index is 12.2. The number of rotatable bonds is 5. The van der Waals surface area contributed by atoms with Crippen molar-refractivity contribution < 1.29 is 14.3 Å². The van der Waals surface area contributed by atoms with Gasteiger partial charge in [0.05, 0.1) is 8.95 Å². The van der Waals surface area contributed by atoms with Gasteiger partial charge in [-0.1, -0.05) is 12.7 Å². The minimum Gasteiger partial charge on any atom is -0.487 e. The number of hydrogen-bond donors (Lipinski definition) is 0. The van der Waals surface area contributed by atoms with Crippen LogP contribution in [0.5, 0.6) is 5.75 Å². The van der Waals surface area contributed by atoms with Gasteiger partial charge in [0, 0.05) is 9.13 Å². The Balaban J connectivity index is 1.92. The van der Waals surface area contributed by atoms with Crippen molar-refractivity contribution >= 4 is 72.4 Å². The number of ether oxygens (including phenoxy) is 2. The van der Waals surface area contributed by atoms with Crippen LogP contribution in [0.1, 0.15) is 16.7 Å². The number of benzene rings is 2. The van der Waals surface area contributed by atoms with E-state index in [1.807, 2.05) is 37.3 Å². The Hall–Kier alpha value is -1.45. The second-order valence-corrected chi connectivity index (χ2v) is 8.58. The molecule has 0 N–H and O–H groups in total. The Morgan fingerprint density at radius 1 is 1.26 bits per heavy atom. The minimum absolute atomic E-state index is 0.250. The van der Waals surface area contributed by atoms with E-state index in [1.54, 1.807) is 12.2 Å². The number of aliphatic imine (C=N–C) groups is 1. The van der Waals surface area contributed by atoms with Gasteiger partial charge in [0.15, 0.2) is 5.70 Å². The molecular formula is C20H14Br2INO3. The van der Waals surface area contributed by atoms with Crippen molar-refractivity contribution in [3.63, 3.8) is 0 Å². The number of nitrogens with zero attached hydrogens (tertiary/aromatic N) is 1. The van der Waals surface area contributed by atoms with E-state index in [1.165, 1.54) is 0 Å². The smallest absolute Gasteiger partial charge is 0.363 e. The molecule has 1 aliphatic heterocycles. The molecule has 0 fully saturated rings. The average molecular weight is 603 g/mol. The van der Waals surface area contributed by atoms with Crippen molar-refractivity contribution in [2.75, 3.05) is 6.61 Å². The molecule has 0 aliphatic carbocycles. The van der Waals surface area contributed by atoms with Crippen molar-refractivity contribution in [2.45, 2.75) is 6.92 Å². The van der Waals surface area contributed by atoms with Crippen LogP contribution < -0.4 is 4.74 Å². The number of esters is 1. The van der Waals surface area contributed by atoms with Crippen molar-refractivity contribution in [3.8, 4) is 5.75 Å². The van der Waals surface area contributed by atoms with Gasteiger partial charge in [-0.15, -0.1) is 0 Å². The van der Waals surface area contributed by atoms with Gasteiger partial charge in [-0.25, -0.2) is 9.79 Å². The standard InChI is InChI=1S/C20H14Br2INO3/c1-3-6-26-18-14(21)8-12(9-15(18)22)10-17-20(25)27-19(24-17)13-4-5-16(23)11(2)7-13/h3-5,7-10H,1,6H2,2H3/b17-10-. The molecule has 2 aromatic rings. The molecule has 7 heteroatoms. The molecule has 27 heavy (non-hydrogen) atoms. The molecule has 0 amide bonds. The quantitative estimate of drug-likeness (QED) is 0.182. The molecule has 1 aliphatic rings. The highest BCUT2D eigenvalue weighted by atomic mass is 127. The van der Waals surface area contributed by atoms with E-state index in [2.05, 4.69) is 66.0 Å². The van der Waals surface area contributed by atoms with E-state index in [0.717, 1.165) is 29.2 Å². The summed E-state index contributed by atoms with van der Waals surface area (Å²) >= 11 is 9.23. The van der Waals surface area contributed by atoms with Crippen molar-refractivity contribution in [3.05, 3.63) is 77.9 Å². The second kappa shape index (κ2) is 8.70. The summed E-state index contributed by atoms with van der Waals surface area (Å²) in [6.45, 7) is 6.04. The topological polar surface area (TPSA) is 47.9 Å². The molecule has 0 bridgehead atoms. The molecule has 0 aromatic heterocycles. The van der Waals surface area contributed by atoms with E-state index in [0.29, 0.717) is 18.3 Å². The molecule has 2 aromatic carbocycles. The molecule has 138 valence electrons. The Morgan fingerprint density at radius 3 is 2.59 bits per heavy atom. The van der Waals surface area contributed by atoms with Gasteiger partial charge in [0.25, 0.3) is 0 Å². The van der Waals surface area contributed by atoms with Crippen LogP contribution in [0.2, 0.25) is 0 Å². The number of cyclic esters (lactones) is 1. The highest BCUT2D eigenvalue weighted by Crippen LogP contribution is 2.35. The molecule has 0 saturated carbocycles. The highest BCUT2D eigenvalue weighted by Gasteiger charge is 2.24. The van der Waals surface area contributed by atoms with E-state index in [-0.39, 0.29) is 5.70 Å². The molecule has 3 rings (SSSR count). The Kier molecular flexibility index (Phi) is 6.54. The van der Waals surface area contributed by atoms with Crippen LogP contribution in [0.3, 0.4) is 0 Å². The molecule has 0 unspecified atom stereocenters. The van der Waals surface area contributed by atoms with Crippen LogP contribution in [-0.2, 0) is 9.53 Å². The predicted molar refractivity (Wildman–Crippen MR) is 122 cm³/mol. The van der Waals surface area contributed by atoms with Crippen LogP contribution in [0.15, 0.2) is 62.6 Å². The van der Waals surface area contributed by atoms with Crippen LogP contribution in [0, 0.1) is 10.5 Å². The summed E-state index contributed by atoms with van der Waals surface area (Å²) in [5.41, 5.74) is 2.92. The molecule has 0 spiro atoms. The Bertz CT molecular complexity index is 976. The predicted octanol–water partition coefficient (Wildman–Crippen LogP) is 6.03. The first-order chi connectivity index (χ1) is 12.9. The summed E-state index contributed by atoms with van der Waals surface area (Å²) in [4.78, 5) is 16.6. The van der Waals surface area contributed by atoms with Crippen molar-refractivity contribution in [1.82, 2.24) is 0 Å². The van der Waals surface area contributed by atoms with E-state index < -0.39 is 5.97 Å². The zero-order valence-electron chi connectivity index (χ0n) is 14.3. The number of hydrogen-bond acceptors (Lipinski definition) is 4. The number of carbonyl (C=O) groups excluding carboxylic acids is 1. The third-order valence-electron chi connectivity index (χ3n) is 3.69. The van der Waals surface area contributed by atoms with Crippen molar-refractivity contribution in [1.29, 1.82) is 0 Å². The van der Waals surface area contributed by atoms with Crippen LogP contribution >= 0.6 is 54.5 Å². The van der Waals surface area contributed by atoms with Crippen LogP contribution in [-0.4, -0.2) is 18.5 Å². The summed E-state index contributed by atoms with van der Waals surface area (Å²) < 4.78 is 13.6. The van der Waals surface area contributed by atoms with Gasteiger partial charge in [0.2, 0.25) is 5.90 Å². The van der Waals surface area contributed by atoms with Gasteiger partial charge < -0.3 is 9.47 Å². The highest BCUT2D eigenvalue weighted by molar-refractivity contribution is 14.1. The number of carbonyl (C=O) groups is 1. The largest absolute Gasteiger partial charge is 0.487 e. The maximum Gasteiger partial charge on any atom is 0.363 e. The lowest BCUT2D eigenvalue weighted by Gasteiger charge is -2.09. The lowest BCUT2D eigenvalue weighted by Crippen LogP contribution is -2.05. The third-order valence-corrected chi connectivity index (χ3v) is 6.08. The van der Waals surface area contributed by atoms with Crippen LogP contribution in [0.25, 0.3) is 6.08 Å². The van der Waals surface area contributed by atoms with Crippen molar-refractivity contribution in [2.24, 2.45) is 4.99 Å². The first kappa shape index (κ1) is 20.3. The molecule has 0 atom stereocenters. The van der Waals surface area contributed by atoms with Gasteiger partial charge in [0.1, 0.15) is 12.4 Å². The molecule has 0 saturated heterocycles. The summed E-state index contributed by atoms with van der Waals surface area (Å²) in [6, 6.07) is 9.52. The average Bonchev–Trinajstić information content (AvgIpc) is 2.97. The third kappa shape index (κ3) is 4.70. The molecule has 4 nitrogen and oxygen atoms in total. The second-order valence-electron chi connectivity index (χ2n) is 5.71. The zero-order chi connectivity index (χ0) is 19.6. The van der Waals surface area contributed by atoms with Gasteiger partial charge in [-0.2, -0.15) is 0 Å². The SMILES string of the molecule is C=CCOc1c(Br)cc(/C=C2\N=C(c3ccc(I)c(C)c3)OC2=O)cc1Br. The lowest BCUT2D eigenvalue weighted by molar-refractivity contribution is -0.129. The van der Waals surface area contributed by atoms with Gasteiger partial charge >= 0.3 is 5.97 Å². The summed E-state index contributed by atoms with van der Waals surface area (Å²) in [7, 11) is 0. The van der Waals surface area contributed by atoms with Crippen LogP contribution in [0.4, 0.5) is 0 Å². The molecular weight excluding hydrogens is 589 g/mol. The fourth-order valence-electron chi connectivity index (χ4n) is 2.41. The van der Waals surface area contributed by atoms with Gasteiger partial charge in [-0.3, -0.25) is 0 Å². The number of aryl methyl sites for hydroxylation is 1. The zero-order valence-corrected chi connectivity index (χ0v) is 19.6. The summed E-state index contributed by atoms with van der Waals surface area (Å²) in [5.74, 6) is 0.514. The first-order valence-corrected chi connectivity index (χ1v) is 10.6. The summed E-state index contributed by atoms with van der Waals surface area (Å²) in [5, 5.41) is 0. The summed E-state index contributed by atoms with van der Waals surface area (Å²) in [6.07, 6.45) is 3.35. The Labute approximate surface area is 187 Å². The van der Waals surface area contributed by atoms with E-state index in [9.17, 15) is 4.79 Å². The number of halogens is 3. The fraction of sp³-hybridized carbons (Fsp3) is 0.100. The van der Waals surface area contributed by atoms with E-state index >= 15 is 0 Å². The minimum atomic E-state index is -0.472. The first-order valence-electron chi connectivity index (χ1n) is 7.91. The van der Waals surface area contributed by atoms with E-state index in [4.69, 9.17) is 9.47 Å². The Morgan fingerprint density at radius 2 is 1.96 bits per heavy atom. The maximum absolute atomic E-state index is 12.2. The lowest BCUT2D eigenvalue weighted by atomic mass is 10.1. The fourth-order valence-corrected chi connectivity index (χ4v) is 4.20. The normalized spacial score (nSPS) is 14.9. The monoisotopic (exact) mass is 601 g/mol. The molecule has 1 heterocycles. The molecule has 0 radical (unpaired) electrons. The van der Waals surface area contributed by atoms with Gasteiger partial charge in [-0.05, 0) is 109 Å².